The van der Waals surface area contributed by atoms with Gasteiger partial charge in [0.15, 0.2) is 0 Å². The number of amides is 1. The molecule has 0 aromatic heterocycles. The number of piperidine rings is 1. The molecule has 1 heterocycles. The summed E-state index contributed by atoms with van der Waals surface area (Å²) >= 11 is 0. The number of aliphatic carboxylic acids is 1. The lowest BCUT2D eigenvalue weighted by atomic mass is 9.91. The van der Waals surface area contributed by atoms with Crippen LogP contribution in [0.1, 0.15) is 53.9 Å². The largest absolute Gasteiger partial charge is 0.508 e. The van der Waals surface area contributed by atoms with E-state index in [1.165, 1.54) is 18.2 Å². The van der Waals surface area contributed by atoms with Gasteiger partial charge in [0.25, 0.3) is 5.91 Å². The van der Waals surface area contributed by atoms with Crippen LogP contribution in [0.4, 0.5) is 15.8 Å². The second-order valence-electron chi connectivity index (χ2n) is 10.5. The Morgan fingerprint density at radius 1 is 1.00 bits per heavy atom. The first-order valence-corrected chi connectivity index (χ1v) is 13.5. The zero-order valence-corrected chi connectivity index (χ0v) is 21.7. The predicted molar refractivity (Wildman–Crippen MR) is 147 cm³/mol. The standard InChI is InChI=1S/C31H33FN2O5/c32-27-6-1-2-7-28(27)33-31(38)25-11-10-23(35)17-29(25)34-14-12-20(13-15-34)19-39-24-5-3-4-22(16-24)26(18-30(36)37)21-8-9-21/h1-7,10-11,16-17,20-21,26,35H,8-9,12-15,18-19H2,(H,33,38)(H,36,37). The van der Waals surface area contributed by atoms with Gasteiger partial charge in [0.05, 0.1) is 30.0 Å². The molecule has 3 aromatic carbocycles. The Balaban J connectivity index is 1.19. The Bertz CT molecular complexity index is 1330. The van der Waals surface area contributed by atoms with Gasteiger partial charge in [0.2, 0.25) is 0 Å². The van der Waals surface area contributed by atoms with Crippen molar-refractivity contribution < 1.29 is 28.9 Å². The summed E-state index contributed by atoms with van der Waals surface area (Å²) in [5.41, 5.74) is 2.11. The van der Waals surface area contributed by atoms with Crippen LogP contribution < -0.4 is 15.0 Å². The Labute approximate surface area is 227 Å². The number of nitrogens with one attached hydrogen (secondary N) is 1. The summed E-state index contributed by atoms with van der Waals surface area (Å²) < 4.78 is 20.2. The average molecular weight is 533 g/mol. The Kier molecular flexibility index (Phi) is 8.00. The smallest absolute Gasteiger partial charge is 0.303 e. The number of aromatic hydroxyl groups is 1. The summed E-state index contributed by atoms with van der Waals surface area (Å²) in [4.78, 5) is 26.4. The summed E-state index contributed by atoms with van der Waals surface area (Å²) in [5, 5.41) is 22.1. The summed E-state index contributed by atoms with van der Waals surface area (Å²) in [6, 6.07) is 18.4. The summed E-state index contributed by atoms with van der Waals surface area (Å²) in [5.74, 6) is -0.120. The first-order valence-electron chi connectivity index (χ1n) is 13.5. The number of ether oxygens (including phenoxy) is 1. The number of rotatable bonds is 10. The van der Waals surface area contributed by atoms with Gasteiger partial charge in [-0.2, -0.15) is 0 Å². The summed E-state index contributed by atoms with van der Waals surface area (Å²) in [7, 11) is 0. The number of halogens is 1. The molecule has 0 bridgehead atoms. The highest BCUT2D eigenvalue weighted by Gasteiger charge is 2.34. The molecule has 1 atom stereocenters. The maximum Gasteiger partial charge on any atom is 0.303 e. The molecule has 7 nitrogen and oxygen atoms in total. The molecule has 1 amide bonds. The molecule has 0 spiro atoms. The number of benzene rings is 3. The number of hydrogen-bond donors (Lipinski definition) is 3. The molecule has 1 unspecified atom stereocenters. The van der Waals surface area contributed by atoms with Crippen LogP contribution in [0, 0.1) is 17.7 Å². The van der Waals surface area contributed by atoms with E-state index < -0.39 is 17.7 Å². The molecule has 1 saturated heterocycles. The van der Waals surface area contributed by atoms with Crippen LogP contribution in [0.5, 0.6) is 11.5 Å². The van der Waals surface area contributed by atoms with Gasteiger partial charge in [-0.15, -0.1) is 0 Å². The van der Waals surface area contributed by atoms with Gasteiger partial charge in [-0.25, -0.2) is 4.39 Å². The Morgan fingerprint density at radius 2 is 1.77 bits per heavy atom. The van der Waals surface area contributed by atoms with E-state index in [0.29, 0.717) is 42.8 Å². The number of hydrogen-bond acceptors (Lipinski definition) is 5. The molecule has 8 heteroatoms. The van der Waals surface area contributed by atoms with E-state index in [2.05, 4.69) is 10.2 Å². The van der Waals surface area contributed by atoms with Crippen molar-refractivity contribution in [2.45, 2.75) is 38.0 Å². The Morgan fingerprint density at radius 3 is 2.49 bits per heavy atom. The van der Waals surface area contributed by atoms with Crippen molar-refractivity contribution in [2.75, 3.05) is 29.9 Å². The maximum absolute atomic E-state index is 14.1. The molecule has 3 N–H and O–H groups in total. The van der Waals surface area contributed by atoms with Gasteiger partial charge in [0, 0.05) is 19.2 Å². The number of para-hydroxylation sites is 1. The molecule has 204 valence electrons. The van der Waals surface area contributed by atoms with Gasteiger partial charge in [-0.3, -0.25) is 9.59 Å². The van der Waals surface area contributed by atoms with E-state index in [0.717, 1.165) is 37.0 Å². The van der Waals surface area contributed by atoms with Crippen LogP contribution in [-0.2, 0) is 4.79 Å². The monoisotopic (exact) mass is 532 g/mol. The summed E-state index contributed by atoms with van der Waals surface area (Å²) in [6.45, 7) is 1.91. The number of phenols is 1. The van der Waals surface area contributed by atoms with Gasteiger partial charge >= 0.3 is 5.97 Å². The van der Waals surface area contributed by atoms with Gasteiger partial charge in [-0.05, 0) is 85.4 Å². The van der Waals surface area contributed by atoms with Crippen LogP contribution in [0.2, 0.25) is 0 Å². The lowest BCUT2D eigenvalue weighted by Gasteiger charge is -2.34. The zero-order chi connectivity index (χ0) is 27.4. The van der Waals surface area contributed by atoms with Crippen molar-refractivity contribution in [1.82, 2.24) is 0 Å². The SMILES string of the molecule is O=C(O)CC(c1cccc(OCC2CCN(c3cc(O)ccc3C(=O)Nc3ccccc3F)CC2)c1)C1CC1. The van der Waals surface area contributed by atoms with Crippen LogP contribution >= 0.6 is 0 Å². The molecule has 2 aliphatic rings. The number of phenolic OH excluding ortho intramolecular Hbond substituents is 1. The maximum atomic E-state index is 14.1. The zero-order valence-electron chi connectivity index (χ0n) is 21.7. The van der Waals surface area contributed by atoms with E-state index in [-0.39, 0.29) is 23.8 Å². The summed E-state index contributed by atoms with van der Waals surface area (Å²) in [6.07, 6.45) is 3.98. The van der Waals surface area contributed by atoms with E-state index in [4.69, 9.17) is 4.74 Å². The minimum atomic E-state index is -0.774. The molecule has 3 aromatic rings. The molecule has 5 rings (SSSR count). The van der Waals surface area contributed by atoms with Crippen molar-refractivity contribution >= 4 is 23.3 Å². The van der Waals surface area contributed by atoms with Crippen molar-refractivity contribution in [3.05, 3.63) is 83.7 Å². The van der Waals surface area contributed by atoms with Gasteiger partial charge in [0.1, 0.15) is 17.3 Å². The van der Waals surface area contributed by atoms with Crippen LogP contribution in [0.3, 0.4) is 0 Å². The quantitative estimate of drug-likeness (QED) is 0.294. The van der Waals surface area contributed by atoms with E-state index in [1.807, 2.05) is 24.3 Å². The molecule has 0 radical (unpaired) electrons. The highest BCUT2D eigenvalue weighted by Crippen LogP contribution is 2.45. The molecule has 2 fully saturated rings. The molecule has 1 saturated carbocycles. The third-order valence-corrected chi connectivity index (χ3v) is 7.66. The molecular weight excluding hydrogens is 499 g/mol. The molecule has 1 aliphatic heterocycles. The second kappa shape index (κ2) is 11.8. The van der Waals surface area contributed by atoms with Gasteiger partial charge < -0.3 is 25.2 Å². The minimum absolute atomic E-state index is 0.0290. The lowest BCUT2D eigenvalue weighted by molar-refractivity contribution is -0.137. The lowest BCUT2D eigenvalue weighted by Crippen LogP contribution is -2.36. The Hall–Kier alpha value is -4.07. The first-order chi connectivity index (χ1) is 18.9. The fraction of sp³-hybridized carbons (Fsp3) is 0.355. The number of carboxylic acid groups (broad SMARTS) is 1. The van der Waals surface area contributed by atoms with Crippen molar-refractivity contribution in [3.63, 3.8) is 0 Å². The molecular formula is C31H33FN2O5. The second-order valence-corrected chi connectivity index (χ2v) is 10.5. The number of anilines is 2. The average Bonchev–Trinajstić information content (AvgIpc) is 3.78. The number of carboxylic acids is 1. The molecule has 1 aliphatic carbocycles. The predicted octanol–water partition coefficient (Wildman–Crippen LogP) is 6.05. The third-order valence-electron chi connectivity index (χ3n) is 7.66. The first kappa shape index (κ1) is 26.5. The third kappa shape index (κ3) is 6.69. The highest BCUT2D eigenvalue weighted by molar-refractivity contribution is 6.08. The number of carbonyl (C=O) groups is 2. The number of carbonyl (C=O) groups excluding carboxylic acids is 1. The van der Waals surface area contributed by atoms with Crippen molar-refractivity contribution in [3.8, 4) is 11.5 Å². The van der Waals surface area contributed by atoms with Crippen LogP contribution in [0.25, 0.3) is 0 Å². The molecule has 39 heavy (non-hydrogen) atoms. The van der Waals surface area contributed by atoms with Gasteiger partial charge in [-0.1, -0.05) is 24.3 Å². The van der Waals surface area contributed by atoms with E-state index in [9.17, 15) is 24.2 Å². The van der Waals surface area contributed by atoms with Crippen LogP contribution in [-0.4, -0.2) is 41.8 Å². The number of nitrogens with zero attached hydrogens (tertiary/aromatic N) is 1. The fourth-order valence-corrected chi connectivity index (χ4v) is 5.36. The van der Waals surface area contributed by atoms with Crippen molar-refractivity contribution in [1.29, 1.82) is 0 Å². The van der Waals surface area contributed by atoms with Crippen molar-refractivity contribution in [2.24, 2.45) is 11.8 Å². The highest BCUT2D eigenvalue weighted by atomic mass is 19.1. The fourth-order valence-electron chi connectivity index (χ4n) is 5.36. The topological polar surface area (TPSA) is 99.1 Å². The van der Waals surface area contributed by atoms with E-state index >= 15 is 0 Å². The van der Waals surface area contributed by atoms with E-state index in [1.54, 1.807) is 24.3 Å². The minimum Gasteiger partial charge on any atom is -0.508 e. The normalized spacial score (nSPS) is 16.5. The van der Waals surface area contributed by atoms with Crippen LogP contribution in [0.15, 0.2) is 66.7 Å².